The van der Waals surface area contributed by atoms with Crippen LogP contribution in [0.1, 0.15) is 47.7 Å². The van der Waals surface area contributed by atoms with E-state index in [1.807, 2.05) is 29.6 Å². The van der Waals surface area contributed by atoms with Gasteiger partial charge in [-0.3, -0.25) is 14.5 Å². The minimum atomic E-state index is -4.48. The average molecular weight is 483 g/mol. The predicted octanol–water partition coefficient (Wildman–Crippen LogP) is 6.69. The van der Waals surface area contributed by atoms with Gasteiger partial charge in [-0.1, -0.05) is 30.3 Å². The Morgan fingerprint density at radius 2 is 1.76 bits per heavy atom. The smallest absolute Gasteiger partial charge is 0.357 e. The monoisotopic (exact) mass is 482 g/mol. The summed E-state index contributed by atoms with van der Waals surface area (Å²) in [4.78, 5) is 29.2. The van der Waals surface area contributed by atoms with Gasteiger partial charge in [0.2, 0.25) is 5.91 Å². The number of hydrogen-bond donors (Lipinski definition) is 1. The lowest BCUT2D eigenvalue weighted by molar-refractivity contribution is -0.137. The minimum Gasteiger partial charge on any atom is -0.357 e. The van der Waals surface area contributed by atoms with Crippen LogP contribution < -0.4 is 10.2 Å². The van der Waals surface area contributed by atoms with Crippen LogP contribution in [0.2, 0.25) is 0 Å². The fraction of sp³-hybridized carbons (Fsp3) is 0.231. The highest BCUT2D eigenvalue weighted by Gasteiger charge is 2.41. The first-order valence-electron chi connectivity index (χ1n) is 10.9. The van der Waals surface area contributed by atoms with E-state index < -0.39 is 17.8 Å². The van der Waals surface area contributed by atoms with Gasteiger partial charge in [0, 0.05) is 35.4 Å². The second kappa shape index (κ2) is 8.43. The Balaban J connectivity index is 1.69. The normalized spacial score (nSPS) is 20.4. The molecule has 1 N–H and O–H groups in total. The quantitative estimate of drug-likeness (QED) is 0.443. The summed E-state index contributed by atoms with van der Waals surface area (Å²) in [5, 5.41) is 5.37. The van der Waals surface area contributed by atoms with Crippen molar-refractivity contribution >= 4 is 34.4 Å². The number of amides is 1. The number of allylic oxidation sites excluding steroid dienone is 1. The maximum Gasteiger partial charge on any atom is 0.416 e. The first-order chi connectivity index (χ1) is 16.2. The molecule has 0 fully saturated rings. The molecule has 0 saturated carbocycles. The third kappa shape index (κ3) is 3.92. The molecule has 34 heavy (non-hydrogen) atoms. The van der Waals surface area contributed by atoms with Crippen LogP contribution in [0.25, 0.3) is 0 Å². The highest BCUT2D eigenvalue weighted by Crippen LogP contribution is 2.48. The molecule has 8 heteroatoms. The number of benzene rings is 2. The summed E-state index contributed by atoms with van der Waals surface area (Å²) in [7, 11) is 0. The van der Waals surface area contributed by atoms with Crippen molar-refractivity contribution in [3.63, 3.8) is 0 Å². The largest absolute Gasteiger partial charge is 0.416 e. The van der Waals surface area contributed by atoms with Crippen LogP contribution in [0.3, 0.4) is 0 Å². The van der Waals surface area contributed by atoms with E-state index >= 15 is 0 Å². The number of carbonyl (C=O) groups excluding carboxylic acids is 2. The van der Waals surface area contributed by atoms with Gasteiger partial charge in [0.25, 0.3) is 0 Å². The molecule has 1 amide bonds. The van der Waals surface area contributed by atoms with E-state index in [0.717, 1.165) is 17.0 Å². The van der Waals surface area contributed by atoms with Crippen LogP contribution in [0.4, 0.5) is 24.5 Å². The van der Waals surface area contributed by atoms with Crippen molar-refractivity contribution in [2.45, 2.75) is 37.9 Å². The number of thiophene rings is 1. The van der Waals surface area contributed by atoms with Crippen molar-refractivity contribution in [3.8, 4) is 0 Å². The van der Waals surface area contributed by atoms with Crippen LogP contribution in [-0.2, 0) is 15.8 Å². The molecule has 0 unspecified atom stereocenters. The van der Waals surface area contributed by atoms with Crippen molar-refractivity contribution < 1.29 is 22.8 Å². The van der Waals surface area contributed by atoms with Crippen LogP contribution >= 0.6 is 11.3 Å². The third-order valence-electron chi connectivity index (χ3n) is 6.33. The number of carbonyl (C=O) groups is 2. The predicted molar refractivity (Wildman–Crippen MR) is 126 cm³/mol. The van der Waals surface area contributed by atoms with Gasteiger partial charge in [-0.2, -0.15) is 13.2 Å². The summed E-state index contributed by atoms with van der Waals surface area (Å²) in [6.07, 6.45) is -3.63. The Morgan fingerprint density at radius 3 is 2.41 bits per heavy atom. The molecular weight excluding hydrogens is 461 g/mol. The molecule has 2 heterocycles. The lowest BCUT2D eigenvalue weighted by Crippen LogP contribution is -2.37. The van der Waals surface area contributed by atoms with Gasteiger partial charge in [-0.05, 0) is 47.7 Å². The fourth-order valence-corrected chi connectivity index (χ4v) is 5.66. The van der Waals surface area contributed by atoms with Gasteiger partial charge < -0.3 is 5.32 Å². The SMILES string of the molecule is CC(=O)N1c2ccccc2NC2=C(C(=O)C[C@H](c3cccs3)C2)[C@@H]1c1ccc(C(F)(F)F)cc1. The second-order valence-electron chi connectivity index (χ2n) is 8.49. The minimum absolute atomic E-state index is 0.00282. The van der Waals surface area contributed by atoms with Crippen molar-refractivity contribution in [2.75, 3.05) is 10.2 Å². The topological polar surface area (TPSA) is 49.4 Å². The molecule has 2 aliphatic rings. The summed E-state index contributed by atoms with van der Waals surface area (Å²) in [5.41, 5.74) is 2.07. The number of para-hydroxylation sites is 2. The van der Waals surface area contributed by atoms with Crippen molar-refractivity contribution in [1.82, 2.24) is 0 Å². The first kappa shape index (κ1) is 22.4. The Hall–Kier alpha value is -3.39. The zero-order valence-electron chi connectivity index (χ0n) is 18.2. The lowest BCUT2D eigenvalue weighted by Gasteiger charge is -2.34. The highest BCUT2D eigenvalue weighted by molar-refractivity contribution is 7.10. The summed E-state index contributed by atoms with van der Waals surface area (Å²) in [6.45, 7) is 1.40. The number of nitrogens with one attached hydrogen (secondary N) is 1. The fourth-order valence-electron chi connectivity index (χ4n) is 4.83. The van der Waals surface area contributed by atoms with Crippen LogP contribution in [0.15, 0.2) is 77.3 Å². The average Bonchev–Trinajstić information content (AvgIpc) is 3.28. The third-order valence-corrected chi connectivity index (χ3v) is 7.36. The van der Waals surface area contributed by atoms with Gasteiger partial charge in [-0.25, -0.2) is 0 Å². The molecule has 0 saturated heterocycles. The molecule has 174 valence electrons. The second-order valence-corrected chi connectivity index (χ2v) is 9.47. The molecule has 0 spiro atoms. The zero-order valence-corrected chi connectivity index (χ0v) is 19.0. The number of nitrogens with zero attached hydrogens (tertiary/aromatic N) is 1. The maximum absolute atomic E-state index is 13.6. The Bertz CT molecular complexity index is 1280. The van der Waals surface area contributed by atoms with E-state index in [-0.39, 0.29) is 24.0 Å². The number of hydrogen-bond acceptors (Lipinski definition) is 4. The summed E-state index contributed by atoms with van der Waals surface area (Å²) in [6, 6.07) is 15.1. The molecule has 1 aromatic heterocycles. The molecular formula is C26H21F3N2O2S. The first-order valence-corrected chi connectivity index (χ1v) is 11.7. The molecule has 2 aromatic carbocycles. The number of fused-ring (bicyclic) bond motifs is 1. The summed E-state index contributed by atoms with van der Waals surface area (Å²) >= 11 is 1.59. The van der Waals surface area contributed by atoms with E-state index in [1.165, 1.54) is 24.0 Å². The van der Waals surface area contributed by atoms with Gasteiger partial charge in [-0.15, -0.1) is 11.3 Å². The Morgan fingerprint density at radius 1 is 1.03 bits per heavy atom. The Kier molecular flexibility index (Phi) is 5.56. The molecule has 0 bridgehead atoms. The van der Waals surface area contributed by atoms with Gasteiger partial charge in [0.15, 0.2) is 5.78 Å². The number of halogens is 3. The lowest BCUT2D eigenvalue weighted by atomic mass is 9.80. The molecule has 3 aromatic rings. The van der Waals surface area contributed by atoms with E-state index in [1.54, 1.807) is 23.5 Å². The molecule has 1 aliphatic carbocycles. The number of ketones is 1. The summed E-state index contributed by atoms with van der Waals surface area (Å²) < 4.78 is 39.6. The van der Waals surface area contributed by atoms with Gasteiger partial charge >= 0.3 is 6.18 Å². The van der Waals surface area contributed by atoms with E-state index in [2.05, 4.69) is 5.32 Å². The van der Waals surface area contributed by atoms with Crippen molar-refractivity contribution in [3.05, 3.63) is 93.3 Å². The van der Waals surface area contributed by atoms with Gasteiger partial charge in [0.1, 0.15) is 0 Å². The van der Waals surface area contributed by atoms with Crippen molar-refractivity contribution in [2.24, 2.45) is 0 Å². The van der Waals surface area contributed by atoms with E-state index in [9.17, 15) is 22.8 Å². The highest BCUT2D eigenvalue weighted by atomic mass is 32.1. The molecule has 1 aliphatic heterocycles. The Labute approximate surface area is 198 Å². The zero-order chi connectivity index (χ0) is 24.0. The standard InChI is InChI=1S/C26H21F3N2O2S/c1-15(32)31-21-6-3-2-5-19(21)30-20-13-17(23-7-4-12-34-23)14-22(33)24(20)25(31)16-8-10-18(11-9-16)26(27,28)29/h2-12,17,25,30H,13-14H2,1H3/t17-,25+/m1/s1. The van der Waals surface area contributed by atoms with E-state index in [4.69, 9.17) is 0 Å². The summed E-state index contributed by atoms with van der Waals surface area (Å²) in [5.74, 6) is -0.416. The van der Waals surface area contributed by atoms with Crippen LogP contribution in [-0.4, -0.2) is 11.7 Å². The van der Waals surface area contributed by atoms with Gasteiger partial charge in [0.05, 0.1) is 23.0 Å². The van der Waals surface area contributed by atoms with Crippen LogP contribution in [0, 0.1) is 0 Å². The number of rotatable bonds is 2. The number of alkyl halides is 3. The van der Waals surface area contributed by atoms with E-state index in [0.29, 0.717) is 34.6 Å². The molecule has 4 nitrogen and oxygen atoms in total. The molecule has 2 atom stereocenters. The number of Topliss-reactive ketones (excluding diaryl/α,β-unsaturated/α-hetero) is 1. The molecule has 0 radical (unpaired) electrons. The van der Waals surface area contributed by atoms with Crippen LogP contribution in [0.5, 0.6) is 0 Å². The maximum atomic E-state index is 13.6. The van der Waals surface area contributed by atoms with Crippen molar-refractivity contribution in [1.29, 1.82) is 0 Å². The molecule has 5 rings (SSSR count). The number of anilines is 2.